The molecule has 0 saturated heterocycles. The first-order chi connectivity index (χ1) is 13.4. The Bertz CT molecular complexity index is 1120. The quantitative estimate of drug-likeness (QED) is 0.512. The molecule has 3 rings (SSSR count). The third-order valence-corrected chi connectivity index (χ3v) is 4.59. The Labute approximate surface area is 163 Å². The standard InChI is InChI=1S/C23H20FN3O/c1-15-7-4-5-10-22(15)26-23(28)19(14-25)12-18-11-16(2)27(17(18)3)21-9-6-8-20(24)13-21/h4-13H,1-3H3,(H,26,28)/b19-12-. The summed E-state index contributed by atoms with van der Waals surface area (Å²) in [4.78, 5) is 12.6. The van der Waals surface area contributed by atoms with Crippen LogP contribution in [0, 0.1) is 37.9 Å². The van der Waals surface area contributed by atoms with Crippen LogP contribution < -0.4 is 5.32 Å². The van der Waals surface area contributed by atoms with E-state index >= 15 is 0 Å². The van der Waals surface area contributed by atoms with Crippen molar-refractivity contribution in [3.05, 3.63) is 88.5 Å². The van der Waals surface area contributed by atoms with Gasteiger partial charge >= 0.3 is 0 Å². The van der Waals surface area contributed by atoms with Gasteiger partial charge in [-0.1, -0.05) is 24.3 Å². The Morgan fingerprint density at radius 1 is 1.11 bits per heavy atom. The number of anilines is 1. The van der Waals surface area contributed by atoms with E-state index in [1.165, 1.54) is 12.1 Å². The van der Waals surface area contributed by atoms with Crippen molar-refractivity contribution in [3.8, 4) is 11.8 Å². The van der Waals surface area contributed by atoms with Gasteiger partial charge in [0, 0.05) is 22.8 Å². The third kappa shape index (κ3) is 3.86. The van der Waals surface area contributed by atoms with Crippen molar-refractivity contribution in [2.24, 2.45) is 0 Å². The van der Waals surface area contributed by atoms with Crippen molar-refractivity contribution >= 4 is 17.7 Å². The second-order valence-corrected chi connectivity index (χ2v) is 6.58. The normalized spacial score (nSPS) is 11.2. The minimum absolute atomic E-state index is 0.00254. The zero-order valence-electron chi connectivity index (χ0n) is 16.0. The maximum Gasteiger partial charge on any atom is 0.266 e. The fourth-order valence-electron chi connectivity index (χ4n) is 3.15. The van der Waals surface area contributed by atoms with E-state index in [-0.39, 0.29) is 11.4 Å². The monoisotopic (exact) mass is 373 g/mol. The lowest BCUT2D eigenvalue weighted by Crippen LogP contribution is -2.14. The molecule has 0 aliphatic carbocycles. The van der Waals surface area contributed by atoms with Crippen LogP contribution in [0.4, 0.5) is 10.1 Å². The summed E-state index contributed by atoms with van der Waals surface area (Å²) in [5, 5.41) is 12.3. The van der Waals surface area contributed by atoms with E-state index in [1.807, 2.05) is 61.7 Å². The Morgan fingerprint density at radius 3 is 2.54 bits per heavy atom. The number of carbonyl (C=O) groups is 1. The molecule has 0 atom stereocenters. The largest absolute Gasteiger partial charge is 0.321 e. The first kappa shape index (κ1) is 19.1. The summed E-state index contributed by atoms with van der Waals surface area (Å²) in [7, 11) is 0. The third-order valence-electron chi connectivity index (χ3n) is 4.59. The molecule has 28 heavy (non-hydrogen) atoms. The molecule has 1 aromatic heterocycles. The molecule has 0 fully saturated rings. The van der Waals surface area contributed by atoms with Gasteiger partial charge in [-0.05, 0) is 68.3 Å². The number of carbonyl (C=O) groups excluding carboxylic acids is 1. The van der Waals surface area contributed by atoms with Gasteiger partial charge in [-0.25, -0.2) is 4.39 Å². The highest BCUT2D eigenvalue weighted by atomic mass is 19.1. The van der Waals surface area contributed by atoms with Crippen LogP contribution in [0.5, 0.6) is 0 Å². The molecule has 0 saturated carbocycles. The van der Waals surface area contributed by atoms with E-state index in [9.17, 15) is 14.4 Å². The Balaban J connectivity index is 1.95. The van der Waals surface area contributed by atoms with Crippen LogP contribution in [-0.2, 0) is 4.79 Å². The maximum absolute atomic E-state index is 13.6. The van der Waals surface area contributed by atoms with Crippen LogP contribution in [0.3, 0.4) is 0 Å². The van der Waals surface area contributed by atoms with Crippen LogP contribution in [-0.4, -0.2) is 10.5 Å². The summed E-state index contributed by atoms with van der Waals surface area (Å²) >= 11 is 0. The molecular weight excluding hydrogens is 353 g/mol. The minimum Gasteiger partial charge on any atom is -0.321 e. The van der Waals surface area contributed by atoms with Crippen LogP contribution >= 0.6 is 0 Å². The van der Waals surface area contributed by atoms with Gasteiger partial charge in [-0.3, -0.25) is 4.79 Å². The van der Waals surface area contributed by atoms with Crippen molar-refractivity contribution in [2.45, 2.75) is 20.8 Å². The van der Waals surface area contributed by atoms with Gasteiger partial charge in [0.25, 0.3) is 5.91 Å². The lowest BCUT2D eigenvalue weighted by atomic mass is 10.1. The summed E-state index contributed by atoms with van der Waals surface area (Å²) in [5.74, 6) is -0.787. The van der Waals surface area contributed by atoms with Gasteiger partial charge in [0.05, 0.1) is 0 Å². The summed E-state index contributed by atoms with van der Waals surface area (Å²) < 4.78 is 15.5. The molecule has 1 N–H and O–H groups in total. The van der Waals surface area contributed by atoms with E-state index in [2.05, 4.69) is 5.32 Å². The van der Waals surface area contributed by atoms with Gasteiger partial charge in [-0.2, -0.15) is 5.26 Å². The highest BCUT2D eigenvalue weighted by molar-refractivity contribution is 6.10. The molecule has 5 heteroatoms. The summed E-state index contributed by atoms with van der Waals surface area (Å²) in [5.41, 5.74) is 4.71. The number of nitriles is 1. The van der Waals surface area contributed by atoms with Crippen LogP contribution in [0.2, 0.25) is 0 Å². The number of aryl methyl sites for hydroxylation is 2. The molecule has 0 bridgehead atoms. The molecule has 4 nitrogen and oxygen atoms in total. The Kier molecular flexibility index (Phi) is 5.42. The Morgan fingerprint density at radius 2 is 1.86 bits per heavy atom. The molecule has 0 spiro atoms. The van der Waals surface area contributed by atoms with Gasteiger partial charge in [0.2, 0.25) is 0 Å². The zero-order chi connectivity index (χ0) is 20.3. The number of aromatic nitrogens is 1. The van der Waals surface area contributed by atoms with Gasteiger partial charge in [0.15, 0.2) is 0 Å². The molecule has 3 aromatic rings. The van der Waals surface area contributed by atoms with Crippen molar-refractivity contribution in [2.75, 3.05) is 5.32 Å². The molecule has 140 valence electrons. The van der Waals surface area contributed by atoms with E-state index in [1.54, 1.807) is 18.2 Å². The van der Waals surface area contributed by atoms with E-state index < -0.39 is 5.91 Å². The van der Waals surface area contributed by atoms with Gasteiger partial charge in [0.1, 0.15) is 17.5 Å². The average Bonchev–Trinajstić information content (AvgIpc) is 2.94. The lowest BCUT2D eigenvalue weighted by molar-refractivity contribution is -0.112. The number of benzene rings is 2. The van der Waals surface area contributed by atoms with E-state index in [4.69, 9.17) is 0 Å². The topological polar surface area (TPSA) is 57.8 Å². The fourth-order valence-corrected chi connectivity index (χ4v) is 3.15. The minimum atomic E-state index is -0.465. The number of para-hydroxylation sites is 1. The second kappa shape index (κ2) is 7.93. The maximum atomic E-state index is 13.6. The van der Waals surface area contributed by atoms with Crippen LogP contribution in [0.25, 0.3) is 11.8 Å². The molecule has 0 radical (unpaired) electrons. The Hall–Kier alpha value is -3.65. The van der Waals surface area contributed by atoms with Crippen LogP contribution in [0.15, 0.2) is 60.2 Å². The molecular formula is C23H20FN3O. The molecule has 1 heterocycles. The predicted octanol–water partition coefficient (Wildman–Crippen LogP) is 5.09. The first-order valence-corrected chi connectivity index (χ1v) is 8.84. The lowest BCUT2D eigenvalue weighted by Gasteiger charge is -2.10. The van der Waals surface area contributed by atoms with Gasteiger partial charge < -0.3 is 9.88 Å². The first-order valence-electron chi connectivity index (χ1n) is 8.84. The van der Waals surface area contributed by atoms with Gasteiger partial charge in [-0.15, -0.1) is 0 Å². The average molecular weight is 373 g/mol. The molecule has 1 amide bonds. The molecule has 0 aliphatic rings. The number of halogens is 1. The molecule has 0 aliphatic heterocycles. The predicted molar refractivity (Wildman–Crippen MR) is 109 cm³/mol. The number of rotatable bonds is 4. The van der Waals surface area contributed by atoms with Crippen molar-refractivity contribution in [3.63, 3.8) is 0 Å². The van der Waals surface area contributed by atoms with Crippen molar-refractivity contribution in [1.82, 2.24) is 4.57 Å². The SMILES string of the molecule is Cc1ccccc1NC(=O)/C(C#N)=C\c1cc(C)n(-c2cccc(F)c2)c1C. The second-order valence-electron chi connectivity index (χ2n) is 6.58. The highest BCUT2D eigenvalue weighted by Gasteiger charge is 2.14. The smallest absolute Gasteiger partial charge is 0.266 e. The fraction of sp³-hybridized carbons (Fsp3) is 0.130. The number of nitrogens with zero attached hydrogens (tertiary/aromatic N) is 2. The van der Waals surface area contributed by atoms with E-state index in [0.29, 0.717) is 11.4 Å². The van der Waals surface area contributed by atoms with Crippen LogP contribution in [0.1, 0.15) is 22.5 Å². The highest BCUT2D eigenvalue weighted by Crippen LogP contribution is 2.24. The number of hydrogen-bond acceptors (Lipinski definition) is 2. The molecule has 2 aromatic carbocycles. The molecule has 0 unspecified atom stereocenters. The summed E-state index contributed by atoms with van der Waals surface area (Å²) in [6.07, 6.45) is 1.56. The van der Waals surface area contributed by atoms with E-state index in [0.717, 1.165) is 22.5 Å². The number of hydrogen-bond donors (Lipinski definition) is 1. The van der Waals surface area contributed by atoms with Crippen molar-refractivity contribution < 1.29 is 9.18 Å². The van der Waals surface area contributed by atoms with Crippen molar-refractivity contribution in [1.29, 1.82) is 5.26 Å². The summed E-state index contributed by atoms with van der Waals surface area (Å²) in [6, 6.07) is 17.5. The zero-order valence-corrected chi connectivity index (χ0v) is 16.0. The number of amides is 1. The number of nitrogens with one attached hydrogen (secondary N) is 1. The summed E-state index contributed by atoms with van der Waals surface area (Å²) in [6.45, 7) is 5.66.